The van der Waals surface area contributed by atoms with E-state index in [1.807, 2.05) is 18.5 Å². The van der Waals surface area contributed by atoms with E-state index in [-0.39, 0.29) is 0 Å². The molecule has 1 fully saturated rings. The fourth-order valence-corrected chi connectivity index (χ4v) is 2.44. The number of nitrogen functional groups attached to an aromatic ring is 1. The summed E-state index contributed by atoms with van der Waals surface area (Å²) in [6.07, 6.45) is 2.30. The molecule has 0 saturated heterocycles. The van der Waals surface area contributed by atoms with Crippen molar-refractivity contribution in [2.24, 2.45) is 5.92 Å². The first kappa shape index (κ1) is 14.3. The van der Waals surface area contributed by atoms with E-state index in [0.29, 0.717) is 13.1 Å². The first-order chi connectivity index (χ1) is 9.01. The minimum Gasteiger partial charge on any atom is -0.396 e. The van der Waals surface area contributed by atoms with Crippen molar-refractivity contribution in [3.05, 3.63) is 11.4 Å². The van der Waals surface area contributed by atoms with Crippen LogP contribution in [-0.4, -0.2) is 45.5 Å². The standard InChI is InChI=1S/C14H26N4O/c1-4-17(7-12-5-6-12)8-13(19)9-18-11(3)14(15)10(2)16-18/h12-13,19H,4-9,15H2,1-3H3. The average Bonchev–Trinajstić information content (AvgIpc) is 3.15. The third-order valence-corrected chi connectivity index (χ3v) is 3.95. The van der Waals surface area contributed by atoms with Crippen LogP contribution in [0.25, 0.3) is 0 Å². The van der Waals surface area contributed by atoms with Crippen LogP contribution >= 0.6 is 0 Å². The normalized spacial score (nSPS) is 17.1. The van der Waals surface area contributed by atoms with Crippen molar-refractivity contribution < 1.29 is 5.11 Å². The van der Waals surface area contributed by atoms with Crippen LogP contribution in [0.4, 0.5) is 5.69 Å². The maximum Gasteiger partial charge on any atom is 0.0862 e. The van der Waals surface area contributed by atoms with Crippen LogP contribution in [0.2, 0.25) is 0 Å². The van der Waals surface area contributed by atoms with E-state index in [1.54, 1.807) is 0 Å². The zero-order valence-corrected chi connectivity index (χ0v) is 12.3. The average molecular weight is 266 g/mol. The van der Waals surface area contributed by atoms with Gasteiger partial charge in [0.2, 0.25) is 0 Å². The quantitative estimate of drug-likeness (QED) is 0.777. The van der Waals surface area contributed by atoms with Gasteiger partial charge >= 0.3 is 0 Å². The van der Waals surface area contributed by atoms with Crippen LogP contribution < -0.4 is 5.73 Å². The molecule has 5 nitrogen and oxygen atoms in total. The molecule has 0 aromatic carbocycles. The van der Waals surface area contributed by atoms with E-state index < -0.39 is 6.10 Å². The molecule has 0 bridgehead atoms. The highest BCUT2D eigenvalue weighted by molar-refractivity contribution is 5.46. The maximum atomic E-state index is 10.2. The molecule has 1 aromatic rings. The van der Waals surface area contributed by atoms with Gasteiger partial charge in [-0.2, -0.15) is 5.10 Å². The maximum absolute atomic E-state index is 10.2. The smallest absolute Gasteiger partial charge is 0.0862 e. The second-order valence-corrected chi connectivity index (χ2v) is 5.72. The Balaban J connectivity index is 1.88. The van der Waals surface area contributed by atoms with Crippen molar-refractivity contribution in [1.29, 1.82) is 0 Å². The molecule has 1 atom stereocenters. The molecular formula is C14H26N4O. The first-order valence-corrected chi connectivity index (χ1v) is 7.21. The number of aromatic nitrogens is 2. The lowest BCUT2D eigenvalue weighted by Gasteiger charge is -2.23. The molecule has 1 aliphatic rings. The molecule has 5 heteroatoms. The van der Waals surface area contributed by atoms with E-state index in [4.69, 9.17) is 5.73 Å². The monoisotopic (exact) mass is 266 g/mol. The van der Waals surface area contributed by atoms with Gasteiger partial charge in [0.05, 0.1) is 29.7 Å². The highest BCUT2D eigenvalue weighted by Gasteiger charge is 2.24. The Kier molecular flexibility index (Phi) is 4.47. The predicted molar refractivity (Wildman–Crippen MR) is 77.0 cm³/mol. The molecular weight excluding hydrogens is 240 g/mol. The minimum atomic E-state index is -0.393. The summed E-state index contributed by atoms with van der Waals surface area (Å²) in [5.74, 6) is 0.858. The summed E-state index contributed by atoms with van der Waals surface area (Å²) in [4.78, 5) is 2.33. The van der Waals surface area contributed by atoms with Gasteiger partial charge < -0.3 is 15.7 Å². The van der Waals surface area contributed by atoms with E-state index in [2.05, 4.69) is 16.9 Å². The molecule has 0 aliphatic heterocycles. The Morgan fingerprint density at radius 1 is 1.47 bits per heavy atom. The zero-order chi connectivity index (χ0) is 14.0. The number of likely N-dealkylation sites (N-methyl/N-ethyl adjacent to an activating group) is 1. The lowest BCUT2D eigenvalue weighted by atomic mass is 10.2. The number of hydrogen-bond donors (Lipinski definition) is 2. The third-order valence-electron chi connectivity index (χ3n) is 3.95. The molecule has 19 heavy (non-hydrogen) atoms. The van der Waals surface area contributed by atoms with Crippen LogP contribution in [0.15, 0.2) is 0 Å². The number of rotatable bonds is 7. The van der Waals surface area contributed by atoms with Crippen LogP contribution in [0, 0.1) is 19.8 Å². The summed E-state index contributed by atoms with van der Waals surface area (Å²) in [6.45, 7) is 9.34. The van der Waals surface area contributed by atoms with E-state index in [0.717, 1.165) is 36.1 Å². The van der Waals surface area contributed by atoms with Crippen molar-refractivity contribution in [3.8, 4) is 0 Å². The number of nitrogens with two attached hydrogens (primary N) is 1. The number of nitrogens with zero attached hydrogens (tertiary/aromatic N) is 3. The topological polar surface area (TPSA) is 67.3 Å². The minimum absolute atomic E-state index is 0.393. The molecule has 3 N–H and O–H groups in total. The molecule has 1 saturated carbocycles. The number of aryl methyl sites for hydroxylation is 1. The lowest BCUT2D eigenvalue weighted by Crippen LogP contribution is -2.36. The van der Waals surface area contributed by atoms with Gasteiger partial charge in [-0.15, -0.1) is 0 Å². The van der Waals surface area contributed by atoms with Gasteiger partial charge in [-0.25, -0.2) is 0 Å². The Hall–Kier alpha value is -1.07. The Morgan fingerprint density at radius 2 is 2.16 bits per heavy atom. The summed E-state index contributed by atoms with van der Waals surface area (Å²) in [5, 5.41) is 14.6. The predicted octanol–water partition coefficient (Wildman–Crippen LogP) is 1.17. The van der Waals surface area contributed by atoms with E-state index in [1.165, 1.54) is 12.8 Å². The zero-order valence-electron chi connectivity index (χ0n) is 12.3. The van der Waals surface area contributed by atoms with Gasteiger partial charge in [-0.1, -0.05) is 6.92 Å². The van der Waals surface area contributed by atoms with Gasteiger partial charge in [0, 0.05) is 13.1 Å². The Morgan fingerprint density at radius 3 is 2.63 bits per heavy atom. The molecule has 0 amide bonds. The molecule has 108 valence electrons. The highest BCUT2D eigenvalue weighted by Crippen LogP contribution is 2.29. The van der Waals surface area contributed by atoms with Gasteiger partial charge in [0.1, 0.15) is 0 Å². The highest BCUT2D eigenvalue weighted by atomic mass is 16.3. The Labute approximate surface area is 115 Å². The van der Waals surface area contributed by atoms with Crippen molar-refractivity contribution in [2.45, 2.75) is 46.3 Å². The molecule has 1 aromatic heterocycles. The molecule has 1 aliphatic carbocycles. The molecule has 1 heterocycles. The third kappa shape index (κ3) is 3.70. The van der Waals surface area contributed by atoms with E-state index >= 15 is 0 Å². The number of anilines is 1. The summed E-state index contributed by atoms with van der Waals surface area (Å²) < 4.78 is 1.82. The van der Waals surface area contributed by atoms with E-state index in [9.17, 15) is 5.11 Å². The van der Waals surface area contributed by atoms with Crippen molar-refractivity contribution >= 4 is 5.69 Å². The number of hydrogen-bond acceptors (Lipinski definition) is 4. The lowest BCUT2D eigenvalue weighted by molar-refractivity contribution is 0.0945. The summed E-state index contributed by atoms with van der Waals surface area (Å²) in [5.41, 5.74) is 8.43. The molecule has 1 unspecified atom stereocenters. The molecule has 2 rings (SSSR count). The molecule has 0 spiro atoms. The number of aliphatic hydroxyl groups excluding tert-OH is 1. The van der Waals surface area contributed by atoms with Crippen molar-refractivity contribution in [3.63, 3.8) is 0 Å². The van der Waals surface area contributed by atoms with Gasteiger partial charge in [0.25, 0.3) is 0 Å². The first-order valence-electron chi connectivity index (χ1n) is 7.21. The largest absolute Gasteiger partial charge is 0.396 e. The summed E-state index contributed by atoms with van der Waals surface area (Å²) >= 11 is 0. The van der Waals surface area contributed by atoms with Crippen LogP contribution in [0.5, 0.6) is 0 Å². The fraction of sp³-hybridized carbons (Fsp3) is 0.786. The molecule has 0 radical (unpaired) electrons. The fourth-order valence-electron chi connectivity index (χ4n) is 2.44. The van der Waals surface area contributed by atoms with Gasteiger partial charge in [-0.05, 0) is 39.2 Å². The van der Waals surface area contributed by atoms with Crippen LogP contribution in [0.3, 0.4) is 0 Å². The number of aliphatic hydroxyl groups is 1. The van der Waals surface area contributed by atoms with Crippen LogP contribution in [-0.2, 0) is 6.54 Å². The van der Waals surface area contributed by atoms with Gasteiger partial charge in [-0.3, -0.25) is 4.68 Å². The summed E-state index contributed by atoms with van der Waals surface area (Å²) in [6, 6.07) is 0. The second kappa shape index (κ2) is 5.92. The van der Waals surface area contributed by atoms with Crippen molar-refractivity contribution in [1.82, 2.24) is 14.7 Å². The summed E-state index contributed by atoms with van der Waals surface area (Å²) in [7, 11) is 0. The Bertz CT molecular complexity index is 425. The van der Waals surface area contributed by atoms with Crippen LogP contribution in [0.1, 0.15) is 31.2 Å². The van der Waals surface area contributed by atoms with Gasteiger partial charge in [0.15, 0.2) is 0 Å². The SMILES string of the molecule is CCN(CC(O)Cn1nc(C)c(N)c1C)CC1CC1. The van der Waals surface area contributed by atoms with Crippen molar-refractivity contribution in [2.75, 3.05) is 25.4 Å². The second-order valence-electron chi connectivity index (χ2n) is 5.72.